The average Bonchev–Trinajstić information content (AvgIpc) is 2.17. The number of aromatic nitrogens is 1. The van der Waals surface area contributed by atoms with Crippen LogP contribution < -0.4 is 5.32 Å². The van der Waals surface area contributed by atoms with E-state index < -0.39 is 9.84 Å². The first-order chi connectivity index (χ1) is 6.99. The number of hydrogen-bond acceptors (Lipinski definition) is 4. The molecular weight excluding hydrogens is 216 g/mol. The van der Waals surface area contributed by atoms with Crippen LogP contribution in [0, 0.1) is 0 Å². The molecule has 1 rings (SSSR count). The lowest BCUT2D eigenvalue weighted by molar-refractivity contribution is 0.0951. The monoisotopic (exact) mass is 228 g/mol. The Morgan fingerprint density at radius 3 is 2.73 bits per heavy atom. The Bertz CT molecular complexity index is 428. The van der Waals surface area contributed by atoms with Crippen LogP contribution in [0.5, 0.6) is 0 Å². The molecule has 0 unspecified atom stereocenters. The van der Waals surface area contributed by atoms with Gasteiger partial charge >= 0.3 is 0 Å². The zero-order valence-electron chi connectivity index (χ0n) is 8.30. The van der Waals surface area contributed by atoms with E-state index >= 15 is 0 Å². The molecule has 0 atom stereocenters. The van der Waals surface area contributed by atoms with Gasteiger partial charge < -0.3 is 5.32 Å². The van der Waals surface area contributed by atoms with Crippen LogP contribution in [0.25, 0.3) is 0 Å². The minimum absolute atomic E-state index is 0.0639. The third-order valence-corrected chi connectivity index (χ3v) is 2.60. The summed E-state index contributed by atoms with van der Waals surface area (Å²) in [5, 5.41) is 2.47. The molecule has 0 radical (unpaired) electrons. The highest BCUT2D eigenvalue weighted by molar-refractivity contribution is 7.90. The van der Waals surface area contributed by atoms with Crippen LogP contribution in [0.1, 0.15) is 10.5 Å². The molecule has 0 aromatic carbocycles. The van der Waals surface area contributed by atoms with Gasteiger partial charge in [-0.3, -0.25) is 9.78 Å². The van der Waals surface area contributed by atoms with Crippen molar-refractivity contribution in [3.8, 4) is 0 Å². The van der Waals surface area contributed by atoms with E-state index in [0.717, 1.165) is 6.26 Å². The molecule has 6 heteroatoms. The highest BCUT2D eigenvalue weighted by Gasteiger charge is 2.07. The van der Waals surface area contributed by atoms with Gasteiger partial charge in [0, 0.05) is 19.0 Å². The fourth-order valence-corrected chi connectivity index (χ4v) is 1.41. The number of nitrogens with zero attached hydrogens (tertiary/aromatic N) is 1. The Kier molecular flexibility index (Phi) is 3.79. The summed E-state index contributed by atoms with van der Waals surface area (Å²) < 4.78 is 21.6. The molecule has 0 fully saturated rings. The molecule has 0 bridgehead atoms. The molecule has 0 saturated heterocycles. The largest absolute Gasteiger partial charge is 0.350 e. The Balaban J connectivity index is 2.45. The Morgan fingerprint density at radius 2 is 2.20 bits per heavy atom. The molecule has 1 amide bonds. The Hall–Kier alpha value is -1.43. The second kappa shape index (κ2) is 4.88. The summed E-state index contributed by atoms with van der Waals surface area (Å²) >= 11 is 0. The third kappa shape index (κ3) is 4.55. The second-order valence-electron chi connectivity index (χ2n) is 3.10. The molecule has 82 valence electrons. The number of pyridine rings is 1. The molecule has 0 aliphatic carbocycles. The lowest BCUT2D eigenvalue weighted by Crippen LogP contribution is -2.29. The van der Waals surface area contributed by atoms with Crippen molar-refractivity contribution in [1.82, 2.24) is 10.3 Å². The number of rotatable bonds is 4. The van der Waals surface area contributed by atoms with Gasteiger partial charge in [0.15, 0.2) is 0 Å². The summed E-state index contributed by atoms with van der Waals surface area (Å²) in [5.74, 6) is -0.426. The molecule has 1 N–H and O–H groups in total. The van der Waals surface area contributed by atoms with Gasteiger partial charge in [0.25, 0.3) is 5.91 Å². The summed E-state index contributed by atoms with van der Waals surface area (Å²) in [5.41, 5.74) is 0.283. The summed E-state index contributed by atoms with van der Waals surface area (Å²) in [7, 11) is -3.04. The van der Waals surface area contributed by atoms with E-state index in [-0.39, 0.29) is 23.9 Å². The Labute approximate surface area is 88.4 Å². The van der Waals surface area contributed by atoms with Gasteiger partial charge in [0.1, 0.15) is 15.5 Å². The van der Waals surface area contributed by atoms with E-state index in [1.54, 1.807) is 18.2 Å². The van der Waals surface area contributed by atoms with E-state index in [1.807, 2.05) is 0 Å². The molecule has 0 saturated carbocycles. The summed E-state index contributed by atoms with van der Waals surface area (Å²) in [4.78, 5) is 15.2. The van der Waals surface area contributed by atoms with Crippen molar-refractivity contribution in [2.45, 2.75) is 0 Å². The van der Waals surface area contributed by atoms with Gasteiger partial charge in [-0.15, -0.1) is 0 Å². The SMILES string of the molecule is CS(=O)(=O)CCNC(=O)c1ccccn1. The van der Waals surface area contributed by atoms with E-state index in [0.29, 0.717) is 0 Å². The van der Waals surface area contributed by atoms with E-state index in [4.69, 9.17) is 0 Å². The number of carbonyl (C=O) groups excluding carboxylic acids is 1. The number of sulfone groups is 1. The minimum atomic E-state index is -3.04. The normalized spacial score (nSPS) is 11.0. The van der Waals surface area contributed by atoms with Crippen LogP contribution in [0.15, 0.2) is 24.4 Å². The highest BCUT2D eigenvalue weighted by atomic mass is 32.2. The van der Waals surface area contributed by atoms with Gasteiger partial charge in [-0.2, -0.15) is 0 Å². The molecule has 1 heterocycles. The van der Waals surface area contributed by atoms with Crippen molar-refractivity contribution in [2.24, 2.45) is 0 Å². The van der Waals surface area contributed by atoms with E-state index in [9.17, 15) is 13.2 Å². The van der Waals surface area contributed by atoms with Crippen LogP contribution in [0.2, 0.25) is 0 Å². The number of nitrogens with one attached hydrogen (secondary N) is 1. The van der Waals surface area contributed by atoms with Gasteiger partial charge in [-0.1, -0.05) is 6.07 Å². The molecule has 0 aliphatic heterocycles. The number of amides is 1. The van der Waals surface area contributed by atoms with Crippen molar-refractivity contribution in [1.29, 1.82) is 0 Å². The van der Waals surface area contributed by atoms with Gasteiger partial charge in [0.2, 0.25) is 0 Å². The van der Waals surface area contributed by atoms with Gasteiger partial charge in [-0.25, -0.2) is 8.42 Å². The molecule has 15 heavy (non-hydrogen) atoms. The van der Waals surface area contributed by atoms with Crippen LogP contribution in [0.4, 0.5) is 0 Å². The maximum atomic E-state index is 11.4. The van der Waals surface area contributed by atoms with Gasteiger partial charge in [0.05, 0.1) is 5.75 Å². The smallest absolute Gasteiger partial charge is 0.269 e. The maximum Gasteiger partial charge on any atom is 0.269 e. The standard InChI is InChI=1S/C9H12N2O3S/c1-15(13,14)7-6-11-9(12)8-4-2-3-5-10-8/h2-5H,6-7H2,1H3,(H,11,12). The summed E-state index contributed by atoms with van der Waals surface area (Å²) in [6, 6.07) is 4.96. The van der Waals surface area contributed by atoms with Crippen LogP contribution >= 0.6 is 0 Å². The second-order valence-corrected chi connectivity index (χ2v) is 5.36. The predicted octanol–water partition coefficient (Wildman–Crippen LogP) is -0.144. The summed E-state index contributed by atoms with van der Waals surface area (Å²) in [6.45, 7) is 0.105. The van der Waals surface area contributed by atoms with Crippen molar-refractivity contribution >= 4 is 15.7 Å². The lowest BCUT2D eigenvalue weighted by Gasteiger charge is -2.02. The third-order valence-electron chi connectivity index (χ3n) is 1.66. The minimum Gasteiger partial charge on any atom is -0.350 e. The first kappa shape index (κ1) is 11.6. The first-order valence-corrected chi connectivity index (χ1v) is 6.42. The molecular formula is C9H12N2O3S. The molecule has 1 aromatic heterocycles. The average molecular weight is 228 g/mol. The zero-order valence-corrected chi connectivity index (χ0v) is 9.12. The lowest BCUT2D eigenvalue weighted by atomic mass is 10.3. The maximum absolute atomic E-state index is 11.4. The van der Waals surface area contributed by atoms with Crippen molar-refractivity contribution in [2.75, 3.05) is 18.6 Å². The highest BCUT2D eigenvalue weighted by Crippen LogP contribution is 1.92. The van der Waals surface area contributed by atoms with Crippen LogP contribution in [-0.2, 0) is 9.84 Å². The quantitative estimate of drug-likeness (QED) is 0.778. The molecule has 0 spiro atoms. The Morgan fingerprint density at radius 1 is 1.47 bits per heavy atom. The van der Waals surface area contributed by atoms with Crippen LogP contribution in [-0.4, -0.2) is 37.9 Å². The van der Waals surface area contributed by atoms with Crippen molar-refractivity contribution in [3.05, 3.63) is 30.1 Å². The fraction of sp³-hybridized carbons (Fsp3) is 0.333. The number of carbonyl (C=O) groups is 1. The zero-order chi connectivity index (χ0) is 11.3. The first-order valence-electron chi connectivity index (χ1n) is 4.36. The molecule has 1 aromatic rings. The number of hydrogen-bond donors (Lipinski definition) is 1. The van der Waals surface area contributed by atoms with Crippen molar-refractivity contribution < 1.29 is 13.2 Å². The topological polar surface area (TPSA) is 76.1 Å². The molecule has 0 aliphatic rings. The van der Waals surface area contributed by atoms with Crippen LogP contribution in [0.3, 0.4) is 0 Å². The fourth-order valence-electron chi connectivity index (χ4n) is 0.938. The molecule has 5 nitrogen and oxygen atoms in total. The predicted molar refractivity (Wildman–Crippen MR) is 56.3 cm³/mol. The van der Waals surface area contributed by atoms with Gasteiger partial charge in [-0.05, 0) is 12.1 Å². The summed E-state index contributed by atoms with van der Waals surface area (Å²) in [6.07, 6.45) is 2.63. The van der Waals surface area contributed by atoms with E-state index in [1.165, 1.54) is 6.20 Å². The van der Waals surface area contributed by atoms with E-state index in [2.05, 4.69) is 10.3 Å². The van der Waals surface area contributed by atoms with Crippen molar-refractivity contribution in [3.63, 3.8) is 0 Å².